The van der Waals surface area contributed by atoms with Gasteiger partial charge in [-0.1, -0.05) is 34.1 Å². The fourth-order valence-electron chi connectivity index (χ4n) is 1.44. The third-order valence-electron chi connectivity index (χ3n) is 2.18. The van der Waals surface area contributed by atoms with E-state index in [2.05, 4.69) is 39.0 Å². The molecule has 0 aliphatic rings. The number of benzene rings is 1. The number of nitrogens with zero attached hydrogens (tertiary/aromatic N) is 2. The van der Waals surface area contributed by atoms with Crippen LogP contribution in [0.15, 0.2) is 30.3 Å². The van der Waals surface area contributed by atoms with Gasteiger partial charge in [-0.15, -0.1) is 0 Å². The van der Waals surface area contributed by atoms with E-state index in [0.717, 1.165) is 24.8 Å². The molecule has 0 aromatic heterocycles. The molecule has 0 heterocycles. The molecule has 0 aliphatic carbocycles. The van der Waals surface area contributed by atoms with Crippen LogP contribution in [0.2, 0.25) is 0 Å². The number of anilines is 1. The normalized spacial score (nSPS) is 9.60. The third-order valence-corrected chi connectivity index (χ3v) is 2.74. The lowest BCUT2D eigenvalue weighted by molar-refractivity contribution is 0.774. The van der Waals surface area contributed by atoms with Gasteiger partial charge in [0, 0.05) is 24.1 Å². The Morgan fingerprint density at radius 3 is 2.53 bits per heavy atom. The van der Waals surface area contributed by atoms with Gasteiger partial charge in [-0.25, -0.2) is 0 Å². The van der Waals surface area contributed by atoms with Crippen LogP contribution in [-0.2, 0) is 0 Å². The summed E-state index contributed by atoms with van der Waals surface area (Å²) in [4.78, 5) is 2.25. The smallest absolute Gasteiger partial charge is 0.0640 e. The van der Waals surface area contributed by atoms with Crippen molar-refractivity contribution in [2.24, 2.45) is 0 Å². The van der Waals surface area contributed by atoms with Crippen LogP contribution in [0, 0.1) is 11.3 Å². The average molecular weight is 267 g/mol. The quantitative estimate of drug-likeness (QED) is 0.740. The Balaban J connectivity index is 2.59. The zero-order valence-electron chi connectivity index (χ0n) is 8.69. The minimum absolute atomic E-state index is 0.581. The maximum absolute atomic E-state index is 8.60. The minimum Gasteiger partial charge on any atom is -0.370 e. The van der Waals surface area contributed by atoms with Gasteiger partial charge >= 0.3 is 0 Å². The van der Waals surface area contributed by atoms with Gasteiger partial charge in [0.15, 0.2) is 0 Å². The van der Waals surface area contributed by atoms with Crippen LogP contribution in [-0.4, -0.2) is 18.4 Å². The molecule has 3 heteroatoms. The van der Waals surface area contributed by atoms with Crippen LogP contribution < -0.4 is 4.90 Å². The van der Waals surface area contributed by atoms with Crippen molar-refractivity contribution in [3.63, 3.8) is 0 Å². The molecule has 0 aliphatic heterocycles. The highest BCUT2D eigenvalue weighted by molar-refractivity contribution is 9.09. The highest BCUT2D eigenvalue weighted by atomic mass is 79.9. The Bertz CT molecular complexity index is 305. The molecule has 0 atom stereocenters. The van der Waals surface area contributed by atoms with Crippen LogP contribution in [0.3, 0.4) is 0 Å². The second-order valence-corrected chi connectivity index (χ2v) is 4.07. The van der Waals surface area contributed by atoms with E-state index in [0.29, 0.717) is 6.42 Å². The molecule has 15 heavy (non-hydrogen) atoms. The Labute approximate surface area is 99.6 Å². The molecule has 1 rings (SSSR count). The maximum atomic E-state index is 8.60. The van der Waals surface area contributed by atoms with Crippen molar-refractivity contribution in [3.05, 3.63) is 30.3 Å². The Kier molecular flexibility index (Phi) is 5.87. The predicted molar refractivity (Wildman–Crippen MR) is 67.3 cm³/mol. The summed E-state index contributed by atoms with van der Waals surface area (Å²) in [6, 6.07) is 12.4. The van der Waals surface area contributed by atoms with E-state index in [4.69, 9.17) is 5.26 Å². The molecule has 1 aromatic carbocycles. The van der Waals surface area contributed by atoms with Crippen LogP contribution >= 0.6 is 15.9 Å². The largest absolute Gasteiger partial charge is 0.370 e. The first-order valence-electron chi connectivity index (χ1n) is 5.11. The summed E-state index contributed by atoms with van der Waals surface area (Å²) < 4.78 is 0. The van der Waals surface area contributed by atoms with Crippen molar-refractivity contribution in [3.8, 4) is 6.07 Å². The third kappa shape index (κ3) is 4.35. The van der Waals surface area contributed by atoms with E-state index in [9.17, 15) is 0 Å². The Morgan fingerprint density at radius 1 is 1.20 bits per heavy atom. The molecule has 0 fully saturated rings. The Hall–Kier alpha value is -1.01. The summed E-state index contributed by atoms with van der Waals surface area (Å²) >= 11 is 3.43. The van der Waals surface area contributed by atoms with Crippen molar-refractivity contribution in [2.45, 2.75) is 12.8 Å². The second-order valence-electron chi connectivity index (χ2n) is 3.27. The van der Waals surface area contributed by atoms with E-state index in [1.807, 2.05) is 18.2 Å². The number of alkyl halides is 1. The lowest BCUT2D eigenvalue weighted by Crippen LogP contribution is -2.25. The second kappa shape index (κ2) is 7.30. The fraction of sp³-hybridized carbons (Fsp3) is 0.417. The molecule has 0 amide bonds. The van der Waals surface area contributed by atoms with Crippen molar-refractivity contribution in [2.75, 3.05) is 23.3 Å². The summed E-state index contributed by atoms with van der Waals surface area (Å²) in [6.45, 7) is 1.81. The summed E-state index contributed by atoms with van der Waals surface area (Å²) in [7, 11) is 0. The van der Waals surface area contributed by atoms with E-state index in [1.54, 1.807) is 0 Å². The van der Waals surface area contributed by atoms with Crippen molar-refractivity contribution in [1.82, 2.24) is 0 Å². The van der Waals surface area contributed by atoms with Gasteiger partial charge < -0.3 is 4.90 Å². The van der Waals surface area contributed by atoms with E-state index < -0.39 is 0 Å². The molecule has 2 nitrogen and oxygen atoms in total. The number of hydrogen-bond acceptors (Lipinski definition) is 2. The van der Waals surface area contributed by atoms with Gasteiger partial charge in [0.25, 0.3) is 0 Å². The summed E-state index contributed by atoms with van der Waals surface area (Å²) in [5, 5.41) is 9.60. The topological polar surface area (TPSA) is 27.0 Å². The van der Waals surface area contributed by atoms with Gasteiger partial charge in [0.2, 0.25) is 0 Å². The van der Waals surface area contributed by atoms with Crippen LogP contribution in [0.4, 0.5) is 5.69 Å². The van der Waals surface area contributed by atoms with E-state index >= 15 is 0 Å². The van der Waals surface area contributed by atoms with Crippen molar-refractivity contribution >= 4 is 21.6 Å². The number of nitriles is 1. The first kappa shape index (κ1) is 12.1. The van der Waals surface area contributed by atoms with Crippen molar-refractivity contribution < 1.29 is 0 Å². The maximum Gasteiger partial charge on any atom is 0.0640 e. The molecule has 0 saturated heterocycles. The number of halogens is 1. The van der Waals surface area contributed by atoms with E-state index in [-0.39, 0.29) is 0 Å². The fourth-order valence-corrected chi connectivity index (χ4v) is 1.70. The lowest BCUT2D eigenvalue weighted by atomic mass is 10.2. The molecule has 0 bridgehead atoms. The monoisotopic (exact) mass is 266 g/mol. The predicted octanol–water partition coefficient (Wildman–Crippen LogP) is 3.19. The highest BCUT2D eigenvalue weighted by Gasteiger charge is 2.04. The first-order chi connectivity index (χ1) is 7.38. The highest BCUT2D eigenvalue weighted by Crippen LogP contribution is 2.14. The van der Waals surface area contributed by atoms with Crippen molar-refractivity contribution in [1.29, 1.82) is 5.26 Å². The van der Waals surface area contributed by atoms with E-state index in [1.165, 1.54) is 5.69 Å². The summed E-state index contributed by atoms with van der Waals surface area (Å²) in [6.07, 6.45) is 1.68. The molecule has 0 radical (unpaired) electrons. The molecule has 80 valence electrons. The molecular formula is C12H15BrN2. The first-order valence-corrected chi connectivity index (χ1v) is 6.23. The molecule has 0 spiro atoms. The van der Waals surface area contributed by atoms with Gasteiger partial charge in [-0.05, 0) is 18.6 Å². The standard InChI is InChI=1S/C12H15BrN2/c13-8-4-10-15(11-5-9-14)12-6-2-1-3-7-12/h1-3,6-7H,4-5,8,10-11H2. The number of hydrogen-bond donors (Lipinski definition) is 0. The van der Waals surface area contributed by atoms with Crippen LogP contribution in [0.25, 0.3) is 0 Å². The molecule has 1 aromatic rings. The van der Waals surface area contributed by atoms with Gasteiger partial charge in [-0.3, -0.25) is 0 Å². The van der Waals surface area contributed by atoms with Crippen LogP contribution in [0.1, 0.15) is 12.8 Å². The molecule has 0 N–H and O–H groups in total. The van der Waals surface area contributed by atoms with Gasteiger partial charge in [0.1, 0.15) is 0 Å². The van der Waals surface area contributed by atoms with Gasteiger partial charge in [-0.2, -0.15) is 5.26 Å². The molecule has 0 saturated carbocycles. The SMILES string of the molecule is N#CCCN(CCCBr)c1ccccc1. The zero-order valence-corrected chi connectivity index (χ0v) is 10.3. The average Bonchev–Trinajstić information content (AvgIpc) is 2.30. The number of para-hydroxylation sites is 1. The summed E-state index contributed by atoms with van der Waals surface area (Å²) in [5.74, 6) is 0. The Morgan fingerprint density at radius 2 is 1.93 bits per heavy atom. The summed E-state index contributed by atoms with van der Waals surface area (Å²) in [5.41, 5.74) is 1.20. The number of rotatable bonds is 6. The zero-order chi connectivity index (χ0) is 10.9. The lowest BCUT2D eigenvalue weighted by Gasteiger charge is -2.23. The van der Waals surface area contributed by atoms with Crippen LogP contribution in [0.5, 0.6) is 0 Å². The minimum atomic E-state index is 0.581. The molecule has 0 unspecified atom stereocenters. The van der Waals surface area contributed by atoms with Gasteiger partial charge in [0.05, 0.1) is 12.5 Å². The molecular weight excluding hydrogens is 252 g/mol.